The molecule has 0 radical (unpaired) electrons. The Bertz CT molecular complexity index is 483. The van der Waals surface area contributed by atoms with Gasteiger partial charge in [0.15, 0.2) is 5.03 Å². The molecule has 2 N–H and O–H groups in total. The third-order valence-electron chi connectivity index (χ3n) is 3.76. The normalized spacial score (nSPS) is 13.2. The highest BCUT2D eigenvalue weighted by molar-refractivity contribution is 7.89. The van der Waals surface area contributed by atoms with E-state index in [1.54, 1.807) is 14.1 Å². The zero-order valence-corrected chi connectivity index (χ0v) is 12.2. The van der Waals surface area contributed by atoms with Crippen LogP contribution in [-0.2, 0) is 17.1 Å². The highest BCUT2D eigenvalue weighted by atomic mass is 32.2. The SMILES string of the molecule is CCC(CC)(CN)N(C)S(=O)(=O)c1ccnn1C. The van der Waals surface area contributed by atoms with E-state index in [9.17, 15) is 8.42 Å². The van der Waals surface area contributed by atoms with Crippen LogP contribution in [0.3, 0.4) is 0 Å². The number of sulfonamides is 1. The predicted molar refractivity (Wildman–Crippen MR) is 70.5 cm³/mol. The van der Waals surface area contributed by atoms with Gasteiger partial charge in [-0.05, 0) is 18.9 Å². The number of nitrogens with zero attached hydrogens (tertiary/aromatic N) is 3. The lowest BCUT2D eigenvalue weighted by atomic mass is 9.93. The second-order valence-electron chi connectivity index (χ2n) is 4.40. The molecule has 0 aliphatic rings. The molecule has 0 fully saturated rings. The molecular formula is C11H22N4O2S. The zero-order valence-electron chi connectivity index (χ0n) is 11.4. The molecule has 0 saturated heterocycles. The molecule has 1 heterocycles. The first-order chi connectivity index (χ1) is 8.35. The molecule has 0 bridgehead atoms. The van der Waals surface area contributed by atoms with Crippen LogP contribution in [0.1, 0.15) is 26.7 Å². The molecule has 0 amide bonds. The summed E-state index contributed by atoms with van der Waals surface area (Å²) >= 11 is 0. The summed E-state index contributed by atoms with van der Waals surface area (Å²) in [5, 5.41) is 4.09. The van der Waals surface area contributed by atoms with Crippen LogP contribution in [0.2, 0.25) is 0 Å². The van der Waals surface area contributed by atoms with Crippen LogP contribution in [0.4, 0.5) is 0 Å². The van der Waals surface area contributed by atoms with E-state index in [1.807, 2.05) is 13.8 Å². The number of hydrogen-bond acceptors (Lipinski definition) is 4. The van der Waals surface area contributed by atoms with Gasteiger partial charge in [-0.3, -0.25) is 4.68 Å². The fourth-order valence-electron chi connectivity index (χ4n) is 2.12. The van der Waals surface area contributed by atoms with E-state index in [2.05, 4.69) is 5.10 Å². The number of rotatable bonds is 6. The number of likely N-dealkylation sites (N-methyl/N-ethyl adjacent to an activating group) is 1. The second-order valence-corrected chi connectivity index (χ2v) is 6.32. The summed E-state index contributed by atoms with van der Waals surface area (Å²) in [4.78, 5) is 0. The number of aryl methyl sites for hydroxylation is 1. The summed E-state index contributed by atoms with van der Waals surface area (Å²) in [6, 6.07) is 1.50. The molecule has 1 aromatic heterocycles. The van der Waals surface area contributed by atoms with Gasteiger partial charge >= 0.3 is 0 Å². The highest BCUT2D eigenvalue weighted by Gasteiger charge is 2.39. The van der Waals surface area contributed by atoms with Gasteiger partial charge in [0.1, 0.15) is 0 Å². The first-order valence-corrected chi connectivity index (χ1v) is 7.47. The molecule has 1 rings (SSSR count). The monoisotopic (exact) mass is 274 g/mol. The van der Waals surface area contributed by atoms with Crippen LogP contribution < -0.4 is 5.73 Å². The van der Waals surface area contributed by atoms with Crippen molar-refractivity contribution in [3.8, 4) is 0 Å². The van der Waals surface area contributed by atoms with Crippen LogP contribution in [-0.4, -0.2) is 41.6 Å². The molecule has 0 aliphatic heterocycles. The standard InChI is InChI=1S/C11H22N4O2S/c1-5-11(6-2,9-12)15(4)18(16,17)10-7-8-13-14(10)3/h7-8H,5-6,9,12H2,1-4H3. The Hall–Kier alpha value is -0.920. The molecule has 6 nitrogen and oxygen atoms in total. The smallest absolute Gasteiger partial charge is 0.260 e. The molecule has 0 saturated carbocycles. The third-order valence-corrected chi connectivity index (χ3v) is 5.80. The number of hydrogen-bond donors (Lipinski definition) is 1. The van der Waals surface area contributed by atoms with E-state index in [4.69, 9.17) is 5.73 Å². The maximum atomic E-state index is 12.5. The molecule has 18 heavy (non-hydrogen) atoms. The Labute approximate surface area is 109 Å². The van der Waals surface area contributed by atoms with Gasteiger partial charge in [0.2, 0.25) is 0 Å². The van der Waals surface area contributed by atoms with Gasteiger partial charge in [-0.2, -0.15) is 9.40 Å². The van der Waals surface area contributed by atoms with Gasteiger partial charge in [0.25, 0.3) is 10.0 Å². The predicted octanol–water partition coefficient (Wildman–Crippen LogP) is 0.558. The van der Waals surface area contributed by atoms with E-state index in [0.29, 0.717) is 19.4 Å². The Balaban J connectivity index is 3.25. The number of aromatic nitrogens is 2. The Morgan fingerprint density at radius 1 is 1.44 bits per heavy atom. The van der Waals surface area contributed by atoms with E-state index in [1.165, 1.54) is 21.3 Å². The van der Waals surface area contributed by atoms with Crippen molar-refractivity contribution in [3.63, 3.8) is 0 Å². The van der Waals surface area contributed by atoms with E-state index in [-0.39, 0.29) is 5.03 Å². The van der Waals surface area contributed by atoms with Crippen molar-refractivity contribution in [2.45, 2.75) is 37.3 Å². The van der Waals surface area contributed by atoms with Gasteiger partial charge in [-0.25, -0.2) is 8.42 Å². The summed E-state index contributed by atoms with van der Waals surface area (Å²) < 4.78 is 27.8. The Kier molecular flexibility index (Phi) is 4.52. The van der Waals surface area contributed by atoms with Gasteiger partial charge < -0.3 is 5.73 Å². The molecule has 0 aromatic carbocycles. The first kappa shape index (κ1) is 15.1. The fraction of sp³-hybridized carbons (Fsp3) is 0.727. The summed E-state index contributed by atoms with van der Waals surface area (Å²) in [6.07, 6.45) is 2.82. The minimum atomic E-state index is -3.57. The largest absolute Gasteiger partial charge is 0.329 e. The quantitative estimate of drug-likeness (QED) is 0.821. The van der Waals surface area contributed by atoms with Crippen molar-refractivity contribution in [3.05, 3.63) is 12.3 Å². The van der Waals surface area contributed by atoms with Crippen molar-refractivity contribution in [2.24, 2.45) is 12.8 Å². The van der Waals surface area contributed by atoms with Crippen LogP contribution in [0.25, 0.3) is 0 Å². The summed E-state index contributed by atoms with van der Waals surface area (Å²) in [6.45, 7) is 4.20. The first-order valence-electron chi connectivity index (χ1n) is 6.03. The summed E-state index contributed by atoms with van der Waals surface area (Å²) in [5.74, 6) is 0. The lowest BCUT2D eigenvalue weighted by Crippen LogP contribution is -2.53. The van der Waals surface area contributed by atoms with E-state index < -0.39 is 15.6 Å². The van der Waals surface area contributed by atoms with E-state index in [0.717, 1.165) is 0 Å². The molecule has 0 aliphatic carbocycles. The van der Waals surface area contributed by atoms with Gasteiger partial charge in [0.05, 0.1) is 6.20 Å². The zero-order chi connectivity index (χ0) is 14.0. The van der Waals surface area contributed by atoms with Crippen molar-refractivity contribution < 1.29 is 8.42 Å². The Morgan fingerprint density at radius 3 is 2.33 bits per heavy atom. The lowest BCUT2D eigenvalue weighted by molar-refractivity contribution is 0.207. The Morgan fingerprint density at radius 2 is 2.00 bits per heavy atom. The minimum Gasteiger partial charge on any atom is -0.329 e. The van der Waals surface area contributed by atoms with E-state index >= 15 is 0 Å². The average molecular weight is 274 g/mol. The van der Waals surface area contributed by atoms with Gasteiger partial charge in [-0.1, -0.05) is 13.8 Å². The van der Waals surface area contributed by atoms with Crippen LogP contribution in [0.15, 0.2) is 17.3 Å². The topological polar surface area (TPSA) is 81.2 Å². The minimum absolute atomic E-state index is 0.185. The van der Waals surface area contributed by atoms with Gasteiger partial charge in [-0.15, -0.1) is 0 Å². The lowest BCUT2D eigenvalue weighted by Gasteiger charge is -2.38. The highest BCUT2D eigenvalue weighted by Crippen LogP contribution is 2.27. The molecule has 0 spiro atoms. The van der Waals surface area contributed by atoms with Crippen molar-refractivity contribution >= 4 is 10.0 Å². The van der Waals surface area contributed by atoms with Crippen LogP contribution in [0.5, 0.6) is 0 Å². The summed E-state index contributed by atoms with van der Waals surface area (Å²) in [5.41, 5.74) is 5.25. The molecule has 0 atom stereocenters. The molecule has 7 heteroatoms. The van der Waals surface area contributed by atoms with Crippen molar-refractivity contribution in [2.75, 3.05) is 13.6 Å². The molecule has 1 aromatic rings. The van der Waals surface area contributed by atoms with Gasteiger partial charge in [0, 0.05) is 26.2 Å². The maximum absolute atomic E-state index is 12.5. The molecule has 0 unspecified atom stereocenters. The third kappa shape index (κ3) is 2.30. The average Bonchev–Trinajstić information content (AvgIpc) is 2.79. The molecule has 104 valence electrons. The van der Waals surface area contributed by atoms with Crippen LogP contribution >= 0.6 is 0 Å². The van der Waals surface area contributed by atoms with Crippen molar-refractivity contribution in [1.82, 2.24) is 14.1 Å². The maximum Gasteiger partial charge on any atom is 0.260 e. The number of nitrogens with two attached hydrogens (primary N) is 1. The second kappa shape index (κ2) is 5.38. The van der Waals surface area contributed by atoms with Crippen molar-refractivity contribution in [1.29, 1.82) is 0 Å². The van der Waals surface area contributed by atoms with Crippen LogP contribution in [0, 0.1) is 0 Å². The molecular weight excluding hydrogens is 252 g/mol. The fourth-order valence-corrected chi connectivity index (χ4v) is 3.86. The summed E-state index contributed by atoms with van der Waals surface area (Å²) in [7, 11) is -0.367.